The van der Waals surface area contributed by atoms with Crippen molar-refractivity contribution in [3.8, 4) is 22.5 Å². The standard InChI is InChI=1S/C22H15ClN2O2/c1-13-2-4-14(5-3-13)21-20(15-6-9-17(23)10-7-15)24-18-11-8-16(22(26)27)12-19(18)25-21/h2-12H,1H3,(H,26,27). The van der Waals surface area contributed by atoms with Gasteiger partial charge in [-0.25, -0.2) is 14.8 Å². The van der Waals surface area contributed by atoms with Gasteiger partial charge in [-0.1, -0.05) is 53.6 Å². The van der Waals surface area contributed by atoms with Gasteiger partial charge in [0, 0.05) is 16.1 Å². The van der Waals surface area contributed by atoms with E-state index in [0.29, 0.717) is 21.7 Å². The third-order valence-corrected chi connectivity index (χ3v) is 4.61. The molecular formula is C22H15ClN2O2. The molecule has 0 unspecified atom stereocenters. The summed E-state index contributed by atoms with van der Waals surface area (Å²) in [5.41, 5.74) is 5.76. The summed E-state index contributed by atoms with van der Waals surface area (Å²) in [5.74, 6) is -0.989. The first kappa shape index (κ1) is 17.2. The second-order valence-electron chi connectivity index (χ2n) is 6.30. The number of carbonyl (C=O) groups is 1. The molecule has 0 bridgehead atoms. The predicted octanol–water partition coefficient (Wildman–Crippen LogP) is 5.62. The van der Waals surface area contributed by atoms with Crippen LogP contribution in [0, 0.1) is 6.92 Å². The average Bonchev–Trinajstić information content (AvgIpc) is 2.68. The maximum Gasteiger partial charge on any atom is 0.335 e. The normalized spacial score (nSPS) is 10.9. The van der Waals surface area contributed by atoms with Gasteiger partial charge in [0.15, 0.2) is 0 Å². The number of benzene rings is 3. The zero-order valence-electron chi connectivity index (χ0n) is 14.5. The summed E-state index contributed by atoms with van der Waals surface area (Å²) < 4.78 is 0. The largest absolute Gasteiger partial charge is 0.478 e. The molecule has 4 aromatic rings. The molecule has 0 saturated heterocycles. The summed E-state index contributed by atoms with van der Waals surface area (Å²) in [6.45, 7) is 2.02. The fourth-order valence-electron chi connectivity index (χ4n) is 2.91. The lowest BCUT2D eigenvalue weighted by Crippen LogP contribution is -1.99. The Hall–Kier alpha value is -3.24. The van der Waals surface area contributed by atoms with Gasteiger partial charge in [0.1, 0.15) is 0 Å². The Morgan fingerprint density at radius 2 is 1.37 bits per heavy atom. The van der Waals surface area contributed by atoms with Gasteiger partial charge >= 0.3 is 5.97 Å². The minimum Gasteiger partial charge on any atom is -0.478 e. The van der Waals surface area contributed by atoms with Crippen molar-refractivity contribution in [2.45, 2.75) is 6.92 Å². The molecule has 132 valence electrons. The molecule has 27 heavy (non-hydrogen) atoms. The molecule has 0 atom stereocenters. The van der Waals surface area contributed by atoms with Gasteiger partial charge < -0.3 is 5.11 Å². The van der Waals surface area contributed by atoms with Crippen LogP contribution in [0.2, 0.25) is 5.02 Å². The summed E-state index contributed by atoms with van der Waals surface area (Å²) >= 11 is 6.02. The maximum absolute atomic E-state index is 11.3. The van der Waals surface area contributed by atoms with Gasteiger partial charge in [-0.15, -0.1) is 0 Å². The Labute approximate surface area is 161 Å². The smallest absolute Gasteiger partial charge is 0.335 e. The molecule has 4 nitrogen and oxygen atoms in total. The van der Waals surface area contributed by atoms with Crippen LogP contribution in [0.5, 0.6) is 0 Å². The van der Waals surface area contributed by atoms with Crippen molar-refractivity contribution < 1.29 is 9.90 Å². The van der Waals surface area contributed by atoms with Gasteiger partial charge in [0.25, 0.3) is 0 Å². The lowest BCUT2D eigenvalue weighted by Gasteiger charge is -2.11. The zero-order chi connectivity index (χ0) is 19.0. The Kier molecular flexibility index (Phi) is 4.34. The molecule has 0 saturated carbocycles. The quantitative estimate of drug-likeness (QED) is 0.505. The molecule has 0 radical (unpaired) electrons. The molecular weight excluding hydrogens is 360 g/mol. The van der Waals surface area contributed by atoms with Gasteiger partial charge in [-0.05, 0) is 37.3 Å². The topological polar surface area (TPSA) is 63.1 Å². The molecule has 5 heteroatoms. The van der Waals surface area contributed by atoms with Crippen molar-refractivity contribution in [2.24, 2.45) is 0 Å². The first-order valence-electron chi connectivity index (χ1n) is 8.39. The number of fused-ring (bicyclic) bond motifs is 1. The number of nitrogens with zero attached hydrogens (tertiary/aromatic N) is 2. The van der Waals surface area contributed by atoms with E-state index in [1.165, 1.54) is 6.07 Å². The predicted molar refractivity (Wildman–Crippen MR) is 107 cm³/mol. The number of hydrogen-bond donors (Lipinski definition) is 1. The molecule has 1 aromatic heterocycles. The molecule has 0 aliphatic carbocycles. The number of aromatic carboxylic acids is 1. The molecule has 0 aliphatic heterocycles. The number of rotatable bonds is 3. The molecule has 3 aromatic carbocycles. The van der Waals surface area contributed by atoms with Crippen LogP contribution < -0.4 is 0 Å². The Bertz CT molecular complexity index is 1150. The highest BCUT2D eigenvalue weighted by atomic mass is 35.5. The SMILES string of the molecule is Cc1ccc(-c2nc3cc(C(=O)O)ccc3nc2-c2ccc(Cl)cc2)cc1. The second-order valence-corrected chi connectivity index (χ2v) is 6.74. The number of carboxylic acid groups (broad SMARTS) is 1. The Balaban J connectivity index is 2.00. The lowest BCUT2D eigenvalue weighted by atomic mass is 10.0. The third kappa shape index (κ3) is 3.39. The van der Waals surface area contributed by atoms with E-state index in [2.05, 4.69) is 0 Å². The van der Waals surface area contributed by atoms with Crippen LogP contribution in [0.25, 0.3) is 33.5 Å². The maximum atomic E-state index is 11.3. The highest BCUT2D eigenvalue weighted by molar-refractivity contribution is 6.30. The van der Waals surface area contributed by atoms with Crippen LogP contribution >= 0.6 is 11.6 Å². The summed E-state index contributed by atoms with van der Waals surface area (Å²) in [5, 5.41) is 9.91. The fourth-order valence-corrected chi connectivity index (χ4v) is 3.04. The second kappa shape index (κ2) is 6.82. The monoisotopic (exact) mass is 374 g/mol. The Morgan fingerprint density at radius 1 is 0.815 bits per heavy atom. The van der Waals surface area contributed by atoms with Crippen molar-refractivity contribution in [1.29, 1.82) is 0 Å². The molecule has 0 fully saturated rings. The first-order chi connectivity index (χ1) is 13.0. The van der Waals surface area contributed by atoms with Crippen LogP contribution in [0.1, 0.15) is 15.9 Å². The van der Waals surface area contributed by atoms with Crippen LogP contribution in [-0.4, -0.2) is 21.0 Å². The van der Waals surface area contributed by atoms with E-state index in [9.17, 15) is 9.90 Å². The van der Waals surface area contributed by atoms with E-state index in [-0.39, 0.29) is 5.56 Å². The van der Waals surface area contributed by atoms with Gasteiger partial charge in [0.2, 0.25) is 0 Å². The molecule has 1 heterocycles. The van der Waals surface area contributed by atoms with Gasteiger partial charge in [0.05, 0.1) is 28.0 Å². The van der Waals surface area contributed by atoms with Crippen LogP contribution in [0.4, 0.5) is 0 Å². The average molecular weight is 375 g/mol. The summed E-state index contributed by atoms with van der Waals surface area (Å²) in [7, 11) is 0. The molecule has 0 aliphatic rings. The molecule has 0 amide bonds. The van der Waals surface area contributed by atoms with Crippen molar-refractivity contribution in [2.75, 3.05) is 0 Å². The van der Waals surface area contributed by atoms with Gasteiger partial charge in [-0.2, -0.15) is 0 Å². The van der Waals surface area contributed by atoms with E-state index in [1.54, 1.807) is 12.1 Å². The van der Waals surface area contributed by atoms with Crippen molar-refractivity contribution in [3.63, 3.8) is 0 Å². The number of halogens is 1. The highest BCUT2D eigenvalue weighted by Gasteiger charge is 2.14. The number of aryl methyl sites for hydroxylation is 1. The van der Waals surface area contributed by atoms with Crippen molar-refractivity contribution in [3.05, 3.63) is 82.9 Å². The van der Waals surface area contributed by atoms with Gasteiger partial charge in [-0.3, -0.25) is 0 Å². The molecule has 0 spiro atoms. The summed E-state index contributed by atoms with van der Waals surface area (Å²) in [6.07, 6.45) is 0. The van der Waals surface area contributed by atoms with Crippen LogP contribution in [-0.2, 0) is 0 Å². The fraction of sp³-hybridized carbons (Fsp3) is 0.0455. The van der Waals surface area contributed by atoms with E-state index in [4.69, 9.17) is 21.6 Å². The zero-order valence-corrected chi connectivity index (χ0v) is 15.2. The van der Waals surface area contributed by atoms with Crippen LogP contribution in [0.3, 0.4) is 0 Å². The minimum absolute atomic E-state index is 0.186. The minimum atomic E-state index is -0.989. The highest BCUT2D eigenvalue weighted by Crippen LogP contribution is 2.32. The lowest BCUT2D eigenvalue weighted by molar-refractivity contribution is 0.0697. The van der Waals surface area contributed by atoms with E-state index >= 15 is 0 Å². The number of carboxylic acids is 1. The van der Waals surface area contributed by atoms with E-state index in [1.807, 2.05) is 55.5 Å². The third-order valence-electron chi connectivity index (χ3n) is 4.35. The van der Waals surface area contributed by atoms with E-state index < -0.39 is 5.97 Å². The Morgan fingerprint density at radius 3 is 1.96 bits per heavy atom. The molecule has 4 rings (SSSR count). The summed E-state index contributed by atoms with van der Waals surface area (Å²) in [6, 6.07) is 20.2. The van der Waals surface area contributed by atoms with Crippen LogP contribution in [0.15, 0.2) is 66.7 Å². The van der Waals surface area contributed by atoms with E-state index in [0.717, 1.165) is 22.4 Å². The van der Waals surface area contributed by atoms with Crippen molar-refractivity contribution in [1.82, 2.24) is 9.97 Å². The first-order valence-corrected chi connectivity index (χ1v) is 8.77. The van der Waals surface area contributed by atoms with Crippen molar-refractivity contribution >= 4 is 28.6 Å². The number of hydrogen-bond acceptors (Lipinski definition) is 3. The summed E-state index contributed by atoms with van der Waals surface area (Å²) in [4.78, 5) is 20.8. The number of aromatic nitrogens is 2. The molecule has 1 N–H and O–H groups in total.